The standard InChI is InChI=1S/C35H40N2O5/c1-3-7-30(8-4-1)34-27-32(28-35(36-34)31-9-5-2-6-10-31)29-11-13-33(14-12-29)37-15-17-38-19-21-40-23-25-42-26-24-41-22-20-39-18-16-37/h1-14,27-28H,15-26H2. The maximum atomic E-state index is 5.86. The molecule has 3 aromatic carbocycles. The van der Waals surface area contributed by atoms with Crippen LogP contribution in [-0.2, 0) is 23.7 Å². The Morgan fingerprint density at radius 2 is 0.810 bits per heavy atom. The highest BCUT2D eigenvalue weighted by Crippen LogP contribution is 2.31. The number of pyridine rings is 1. The van der Waals surface area contributed by atoms with E-state index in [0.29, 0.717) is 66.1 Å². The number of rotatable bonds is 4. The minimum atomic E-state index is 0.555. The summed E-state index contributed by atoms with van der Waals surface area (Å²) in [5.41, 5.74) is 7.51. The summed E-state index contributed by atoms with van der Waals surface area (Å²) in [5, 5.41) is 0. The van der Waals surface area contributed by atoms with Crippen LogP contribution in [0.3, 0.4) is 0 Å². The number of hydrogen-bond acceptors (Lipinski definition) is 7. The van der Waals surface area contributed by atoms with Gasteiger partial charge >= 0.3 is 0 Å². The first kappa shape index (κ1) is 29.9. The van der Waals surface area contributed by atoms with Crippen LogP contribution in [0.15, 0.2) is 97.1 Å². The third-order valence-corrected chi connectivity index (χ3v) is 7.03. The summed E-state index contributed by atoms with van der Waals surface area (Å²) in [6.07, 6.45) is 0. The van der Waals surface area contributed by atoms with Crippen molar-refractivity contribution in [3.63, 3.8) is 0 Å². The summed E-state index contributed by atoms with van der Waals surface area (Å²) in [4.78, 5) is 7.32. The topological polar surface area (TPSA) is 62.3 Å². The number of benzene rings is 3. The highest BCUT2D eigenvalue weighted by molar-refractivity contribution is 5.77. The molecule has 7 heteroatoms. The maximum absolute atomic E-state index is 5.86. The molecule has 4 aromatic rings. The van der Waals surface area contributed by atoms with Gasteiger partial charge in [-0.25, -0.2) is 4.98 Å². The molecule has 0 saturated carbocycles. The number of nitrogens with zero attached hydrogens (tertiary/aromatic N) is 2. The van der Waals surface area contributed by atoms with Gasteiger partial charge in [-0.3, -0.25) is 0 Å². The van der Waals surface area contributed by atoms with Crippen molar-refractivity contribution in [1.29, 1.82) is 0 Å². The van der Waals surface area contributed by atoms with Crippen LogP contribution in [-0.4, -0.2) is 84.1 Å². The first-order valence-corrected chi connectivity index (χ1v) is 14.7. The van der Waals surface area contributed by atoms with Gasteiger partial charge in [-0.1, -0.05) is 72.8 Å². The Labute approximate surface area is 249 Å². The second-order valence-electron chi connectivity index (χ2n) is 9.95. The predicted molar refractivity (Wildman–Crippen MR) is 167 cm³/mol. The monoisotopic (exact) mass is 568 g/mol. The first-order chi connectivity index (χ1) is 20.9. The first-order valence-electron chi connectivity index (χ1n) is 14.7. The van der Waals surface area contributed by atoms with Crippen molar-refractivity contribution in [2.75, 3.05) is 84.1 Å². The minimum Gasteiger partial charge on any atom is -0.377 e. The molecule has 42 heavy (non-hydrogen) atoms. The van der Waals surface area contributed by atoms with E-state index >= 15 is 0 Å². The molecule has 220 valence electrons. The fourth-order valence-corrected chi connectivity index (χ4v) is 4.78. The van der Waals surface area contributed by atoms with Crippen LogP contribution in [0.25, 0.3) is 33.6 Å². The van der Waals surface area contributed by atoms with Gasteiger partial charge < -0.3 is 28.6 Å². The quantitative estimate of drug-likeness (QED) is 0.300. The highest BCUT2D eigenvalue weighted by Gasteiger charge is 2.11. The minimum absolute atomic E-state index is 0.555. The van der Waals surface area contributed by atoms with E-state index in [0.717, 1.165) is 52.4 Å². The summed E-state index contributed by atoms with van der Waals surface area (Å²) in [5.74, 6) is 0. The van der Waals surface area contributed by atoms with Gasteiger partial charge in [0.1, 0.15) is 0 Å². The lowest BCUT2D eigenvalue weighted by Gasteiger charge is -2.25. The van der Waals surface area contributed by atoms with E-state index in [2.05, 4.69) is 89.8 Å². The van der Waals surface area contributed by atoms with Gasteiger partial charge in [-0.15, -0.1) is 0 Å². The molecule has 5 rings (SSSR count). The molecule has 1 saturated heterocycles. The van der Waals surface area contributed by atoms with Gasteiger partial charge in [0.05, 0.1) is 77.5 Å². The van der Waals surface area contributed by atoms with E-state index in [1.54, 1.807) is 0 Å². The molecule has 1 aromatic heterocycles. The van der Waals surface area contributed by atoms with Crippen LogP contribution in [0.5, 0.6) is 0 Å². The van der Waals surface area contributed by atoms with E-state index in [4.69, 9.17) is 28.7 Å². The molecule has 0 atom stereocenters. The van der Waals surface area contributed by atoms with Crippen molar-refractivity contribution in [3.05, 3.63) is 97.1 Å². The second-order valence-corrected chi connectivity index (χ2v) is 9.95. The van der Waals surface area contributed by atoms with Crippen molar-refractivity contribution in [2.24, 2.45) is 0 Å². The maximum Gasteiger partial charge on any atom is 0.0715 e. The smallest absolute Gasteiger partial charge is 0.0715 e. The molecular formula is C35H40N2O5. The molecule has 0 radical (unpaired) electrons. The van der Waals surface area contributed by atoms with Gasteiger partial charge in [0.2, 0.25) is 0 Å². The third-order valence-electron chi connectivity index (χ3n) is 7.03. The molecule has 1 aliphatic heterocycles. The van der Waals surface area contributed by atoms with E-state index in [9.17, 15) is 0 Å². The molecule has 0 unspecified atom stereocenters. The molecule has 1 aliphatic rings. The van der Waals surface area contributed by atoms with Crippen molar-refractivity contribution >= 4 is 5.69 Å². The van der Waals surface area contributed by atoms with Crippen LogP contribution in [0.2, 0.25) is 0 Å². The molecule has 7 nitrogen and oxygen atoms in total. The van der Waals surface area contributed by atoms with Crippen molar-refractivity contribution < 1.29 is 23.7 Å². The summed E-state index contributed by atoms with van der Waals surface area (Å²) >= 11 is 0. The summed E-state index contributed by atoms with van der Waals surface area (Å²) in [7, 11) is 0. The van der Waals surface area contributed by atoms with Gasteiger partial charge in [0, 0.05) is 29.9 Å². The summed E-state index contributed by atoms with van der Waals surface area (Å²) < 4.78 is 28.4. The Balaban J connectivity index is 1.32. The van der Waals surface area contributed by atoms with E-state index in [1.807, 2.05) is 12.1 Å². The molecule has 2 heterocycles. The lowest BCUT2D eigenvalue weighted by atomic mass is 9.99. The van der Waals surface area contributed by atoms with Crippen LogP contribution in [0.4, 0.5) is 5.69 Å². The van der Waals surface area contributed by atoms with Gasteiger partial charge in [0.25, 0.3) is 0 Å². The number of anilines is 1. The molecule has 0 N–H and O–H groups in total. The normalized spacial score (nSPS) is 16.8. The number of ether oxygens (including phenoxy) is 5. The van der Waals surface area contributed by atoms with E-state index in [-0.39, 0.29) is 0 Å². The van der Waals surface area contributed by atoms with Gasteiger partial charge in [0.15, 0.2) is 0 Å². The highest BCUT2D eigenvalue weighted by atomic mass is 16.6. The van der Waals surface area contributed by atoms with Gasteiger partial charge in [-0.2, -0.15) is 0 Å². The van der Waals surface area contributed by atoms with E-state index < -0.39 is 0 Å². The zero-order valence-electron chi connectivity index (χ0n) is 24.2. The van der Waals surface area contributed by atoms with Crippen LogP contribution in [0, 0.1) is 0 Å². The van der Waals surface area contributed by atoms with Crippen molar-refractivity contribution in [3.8, 4) is 33.6 Å². The fourth-order valence-electron chi connectivity index (χ4n) is 4.78. The zero-order chi connectivity index (χ0) is 28.7. The molecule has 1 fully saturated rings. The SMILES string of the molecule is c1ccc(-c2cc(-c3ccc(N4CCOCCOCCOCCOCCOCC4)cc3)cc(-c3ccccc3)n2)cc1. The average Bonchev–Trinajstić information content (AvgIpc) is 3.05. The zero-order valence-corrected chi connectivity index (χ0v) is 24.2. The van der Waals surface area contributed by atoms with Crippen LogP contribution >= 0.6 is 0 Å². The molecule has 0 spiro atoms. The predicted octanol–water partition coefficient (Wildman–Crippen LogP) is 5.99. The molecule has 0 bridgehead atoms. The van der Waals surface area contributed by atoms with Gasteiger partial charge in [-0.05, 0) is 35.4 Å². The number of aromatic nitrogens is 1. The Bertz CT molecular complexity index is 1240. The van der Waals surface area contributed by atoms with Crippen LogP contribution < -0.4 is 4.90 Å². The average molecular weight is 569 g/mol. The molecule has 0 amide bonds. The largest absolute Gasteiger partial charge is 0.377 e. The lowest BCUT2D eigenvalue weighted by molar-refractivity contribution is -0.0116. The molecule has 0 aliphatic carbocycles. The second kappa shape index (κ2) is 16.8. The third kappa shape index (κ3) is 9.21. The Morgan fingerprint density at radius 1 is 0.405 bits per heavy atom. The number of hydrogen-bond donors (Lipinski definition) is 0. The fraction of sp³-hybridized carbons (Fsp3) is 0.343. The summed E-state index contributed by atoms with van der Waals surface area (Å²) in [6, 6.07) is 33.8. The Morgan fingerprint density at radius 3 is 1.24 bits per heavy atom. The summed E-state index contributed by atoms with van der Waals surface area (Å²) in [6.45, 7) is 7.19. The Hall–Kier alpha value is -3.59. The Kier molecular flexibility index (Phi) is 11.9. The lowest BCUT2D eigenvalue weighted by Crippen LogP contribution is -2.31. The van der Waals surface area contributed by atoms with Crippen LogP contribution in [0.1, 0.15) is 0 Å². The van der Waals surface area contributed by atoms with E-state index in [1.165, 1.54) is 0 Å². The molecular weight excluding hydrogens is 528 g/mol. The van der Waals surface area contributed by atoms with Crippen molar-refractivity contribution in [1.82, 2.24) is 4.98 Å². The van der Waals surface area contributed by atoms with Crippen molar-refractivity contribution in [2.45, 2.75) is 0 Å².